The number of aliphatic carboxylic acids is 1. The van der Waals surface area contributed by atoms with Crippen LogP contribution in [-0.2, 0) is 4.79 Å². The number of unbranched alkanes of at least 4 members (excludes halogenated alkanes) is 4. The minimum Gasteiger partial charge on any atom is -0.480 e. The van der Waals surface area contributed by atoms with Crippen molar-refractivity contribution < 1.29 is 9.90 Å². The average molecular weight is 199 g/mol. The third kappa shape index (κ3) is 7.80. The van der Waals surface area contributed by atoms with Crippen molar-refractivity contribution in [2.45, 2.75) is 51.5 Å². The molecule has 0 heterocycles. The first-order valence-electron chi connectivity index (χ1n) is 5.28. The molecule has 0 saturated heterocycles. The molecule has 0 aliphatic rings. The van der Waals surface area contributed by atoms with Gasteiger partial charge in [0.1, 0.15) is 6.04 Å². The number of carboxylic acids is 1. The number of rotatable bonds is 8. The molecule has 0 bridgehead atoms. The fourth-order valence-electron chi connectivity index (χ4n) is 1.27. The molecule has 0 fully saturated rings. The van der Waals surface area contributed by atoms with Gasteiger partial charge >= 0.3 is 5.97 Å². The summed E-state index contributed by atoms with van der Waals surface area (Å²) in [6.07, 6.45) is 10.3. The molecule has 3 N–H and O–H groups in total. The lowest BCUT2D eigenvalue weighted by Gasteiger charge is -2.04. The summed E-state index contributed by atoms with van der Waals surface area (Å²) < 4.78 is 0. The third-order valence-corrected chi connectivity index (χ3v) is 2.19. The zero-order chi connectivity index (χ0) is 10.8. The molecule has 3 nitrogen and oxygen atoms in total. The van der Waals surface area contributed by atoms with Gasteiger partial charge in [0.15, 0.2) is 0 Å². The molecule has 0 radical (unpaired) electrons. The van der Waals surface area contributed by atoms with E-state index < -0.39 is 12.0 Å². The van der Waals surface area contributed by atoms with Crippen molar-refractivity contribution in [2.24, 2.45) is 5.73 Å². The van der Waals surface area contributed by atoms with Gasteiger partial charge in [0, 0.05) is 0 Å². The smallest absolute Gasteiger partial charge is 0.320 e. The summed E-state index contributed by atoms with van der Waals surface area (Å²) in [6.45, 7) is 2.02. The minimum atomic E-state index is -0.890. The highest BCUT2D eigenvalue weighted by Crippen LogP contribution is 2.07. The van der Waals surface area contributed by atoms with Crippen molar-refractivity contribution in [1.82, 2.24) is 0 Å². The standard InChI is InChI=1S/C11H21NO2/c1-2-3-4-5-6-7-8-9-10(12)11(13)14/h2-3,10H,4-9,12H2,1H3,(H,13,14). The van der Waals surface area contributed by atoms with Crippen LogP contribution in [0.25, 0.3) is 0 Å². The largest absolute Gasteiger partial charge is 0.480 e. The fourth-order valence-corrected chi connectivity index (χ4v) is 1.27. The highest BCUT2D eigenvalue weighted by Gasteiger charge is 2.09. The van der Waals surface area contributed by atoms with Crippen LogP contribution in [0.2, 0.25) is 0 Å². The lowest BCUT2D eigenvalue weighted by Crippen LogP contribution is -2.29. The maximum atomic E-state index is 10.4. The van der Waals surface area contributed by atoms with E-state index in [1.165, 1.54) is 6.42 Å². The zero-order valence-electron chi connectivity index (χ0n) is 8.91. The van der Waals surface area contributed by atoms with Crippen molar-refractivity contribution >= 4 is 5.97 Å². The molecule has 0 aliphatic heterocycles. The summed E-state index contributed by atoms with van der Waals surface area (Å²) in [7, 11) is 0. The van der Waals surface area contributed by atoms with Gasteiger partial charge in [-0.05, 0) is 26.2 Å². The fraction of sp³-hybridized carbons (Fsp3) is 0.727. The van der Waals surface area contributed by atoms with E-state index in [4.69, 9.17) is 10.8 Å². The van der Waals surface area contributed by atoms with Crippen LogP contribution in [0.1, 0.15) is 45.4 Å². The summed E-state index contributed by atoms with van der Waals surface area (Å²) in [5.74, 6) is -0.890. The second-order valence-electron chi connectivity index (χ2n) is 3.51. The molecular formula is C11H21NO2. The molecule has 0 amide bonds. The van der Waals surface area contributed by atoms with Crippen molar-refractivity contribution in [3.8, 4) is 0 Å². The van der Waals surface area contributed by atoms with Crippen LogP contribution in [0.4, 0.5) is 0 Å². The highest BCUT2D eigenvalue weighted by molar-refractivity contribution is 5.72. The Balaban J connectivity index is 3.17. The van der Waals surface area contributed by atoms with E-state index in [9.17, 15) is 4.79 Å². The predicted octanol–water partition coefficient (Wildman–Crippen LogP) is 2.31. The predicted molar refractivity (Wildman–Crippen MR) is 58.1 cm³/mol. The summed E-state index contributed by atoms with van der Waals surface area (Å²) in [4.78, 5) is 10.4. The quantitative estimate of drug-likeness (QED) is 0.466. The Bertz CT molecular complexity index is 178. The van der Waals surface area contributed by atoms with Gasteiger partial charge in [-0.3, -0.25) is 4.79 Å². The van der Waals surface area contributed by atoms with E-state index in [0.29, 0.717) is 6.42 Å². The Morgan fingerprint density at radius 1 is 1.36 bits per heavy atom. The first-order chi connectivity index (χ1) is 6.68. The average Bonchev–Trinajstić information content (AvgIpc) is 2.16. The first-order valence-corrected chi connectivity index (χ1v) is 5.28. The van der Waals surface area contributed by atoms with Gasteiger partial charge in [0.25, 0.3) is 0 Å². The van der Waals surface area contributed by atoms with Crippen molar-refractivity contribution in [3.05, 3.63) is 12.2 Å². The van der Waals surface area contributed by atoms with Gasteiger partial charge in [0.2, 0.25) is 0 Å². The van der Waals surface area contributed by atoms with Crippen LogP contribution in [0.5, 0.6) is 0 Å². The van der Waals surface area contributed by atoms with Gasteiger partial charge < -0.3 is 10.8 Å². The van der Waals surface area contributed by atoms with E-state index in [1.54, 1.807) is 0 Å². The Morgan fingerprint density at radius 2 is 2.00 bits per heavy atom. The van der Waals surface area contributed by atoms with Crippen molar-refractivity contribution in [3.63, 3.8) is 0 Å². The van der Waals surface area contributed by atoms with E-state index in [0.717, 1.165) is 25.7 Å². The number of carbonyl (C=O) groups is 1. The third-order valence-electron chi connectivity index (χ3n) is 2.19. The highest BCUT2D eigenvalue weighted by atomic mass is 16.4. The zero-order valence-corrected chi connectivity index (χ0v) is 8.91. The van der Waals surface area contributed by atoms with Crippen LogP contribution in [-0.4, -0.2) is 17.1 Å². The Morgan fingerprint density at radius 3 is 2.57 bits per heavy atom. The van der Waals surface area contributed by atoms with Crippen LogP contribution in [0.3, 0.4) is 0 Å². The van der Waals surface area contributed by atoms with Crippen LogP contribution in [0, 0.1) is 0 Å². The Kier molecular flexibility index (Phi) is 8.24. The molecule has 1 atom stereocenters. The molecule has 0 rings (SSSR count). The van der Waals surface area contributed by atoms with Crippen molar-refractivity contribution in [1.29, 1.82) is 0 Å². The summed E-state index contributed by atoms with van der Waals surface area (Å²) in [5, 5.41) is 8.52. The number of allylic oxidation sites excluding steroid dienone is 2. The lowest BCUT2D eigenvalue weighted by atomic mass is 10.1. The van der Waals surface area contributed by atoms with Crippen LogP contribution in [0.15, 0.2) is 12.2 Å². The molecule has 0 aliphatic carbocycles. The Hall–Kier alpha value is -0.830. The van der Waals surface area contributed by atoms with Gasteiger partial charge in [-0.25, -0.2) is 0 Å². The van der Waals surface area contributed by atoms with Crippen LogP contribution < -0.4 is 5.73 Å². The molecule has 0 aromatic rings. The van der Waals surface area contributed by atoms with Crippen molar-refractivity contribution in [2.75, 3.05) is 0 Å². The van der Waals surface area contributed by atoms with E-state index in [2.05, 4.69) is 12.2 Å². The van der Waals surface area contributed by atoms with Gasteiger partial charge in [0.05, 0.1) is 0 Å². The minimum absolute atomic E-state index is 0.596. The number of nitrogens with two attached hydrogens (primary N) is 1. The summed E-state index contributed by atoms with van der Waals surface area (Å²) >= 11 is 0. The second-order valence-corrected chi connectivity index (χ2v) is 3.51. The van der Waals surface area contributed by atoms with Gasteiger partial charge in [-0.2, -0.15) is 0 Å². The summed E-state index contributed by atoms with van der Waals surface area (Å²) in [6, 6.07) is -0.675. The number of carboxylic acid groups (broad SMARTS) is 1. The second kappa shape index (κ2) is 8.75. The van der Waals surface area contributed by atoms with E-state index in [1.807, 2.05) is 6.92 Å². The molecule has 0 saturated carbocycles. The molecule has 14 heavy (non-hydrogen) atoms. The molecule has 1 unspecified atom stereocenters. The molecule has 82 valence electrons. The SMILES string of the molecule is CC=CCCCCCCC(N)C(=O)O. The molecule has 0 aromatic heterocycles. The Labute approximate surface area is 86.0 Å². The maximum absolute atomic E-state index is 10.4. The van der Waals surface area contributed by atoms with Gasteiger partial charge in [-0.15, -0.1) is 0 Å². The topological polar surface area (TPSA) is 63.3 Å². The lowest BCUT2D eigenvalue weighted by molar-refractivity contribution is -0.138. The first kappa shape index (κ1) is 13.2. The molecule has 0 aromatic carbocycles. The molecule has 3 heteroatoms. The van der Waals surface area contributed by atoms with E-state index >= 15 is 0 Å². The molecule has 0 spiro atoms. The van der Waals surface area contributed by atoms with Gasteiger partial charge in [-0.1, -0.05) is 31.4 Å². The van der Waals surface area contributed by atoms with Crippen LogP contribution >= 0.6 is 0 Å². The summed E-state index contributed by atoms with van der Waals surface area (Å²) in [5.41, 5.74) is 5.37. The van der Waals surface area contributed by atoms with E-state index in [-0.39, 0.29) is 0 Å². The number of hydrogen-bond donors (Lipinski definition) is 2. The maximum Gasteiger partial charge on any atom is 0.320 e. The number of hydrogen-bond acceptors (Lipinski definition) is 2. The normalized spacial score (nSPS) is 13.3. The molecular weight excluding hydrogens is 178 g/mol. The monoisotopic (exact) mass is 199 g/mol.